The van der Waals surface area contributed by atoms with Gasteiger partial charge in [0.1, 0.15) is 0 Å². The summed E-state index contributed by atoms with van der Waals surface area (Å²) in [6.45, 7) is 2.28. The van der Waals surface area contributed by atoms with Crippen LogP contribution in [0, 0.1) is 5.92 Å². The Morgan fingerprint density at radius 2 is 1.29 bits per heavy atom. The van der Waals surface area contributed by atoms with Crippen LogP contribution in [0.25, 0.3) is 0 Å². The van der Waals surface area contributed by atoms with E-state index in [0.29, 0.717) is 0 Å². The minimum atomic E-state index is 0.0183. The van der Waals surface area contributed by atoms with Crippen LogP contribution in [-0.4, -0.2) is 11.2 Å². The first-order valence-electron chi connectivity index (χ1n) is 8.01. The zero-order valence-corrected chi connectivity index (χ0v) is 11.8. The summed E-state index contributed by atoms with van der Waals surface area (Å²) in [5, 5.41) is 9.44. The Morgan fingerprint density at radius 3 is 1.88 bits per heavy atom. The fourth-order valence-electron chi connectivity index (χ4n) is 3.00. The van der Waals surface area contributed by atoms with Gasteiger partial charge in [-0.25, -0.2) is 0 Å². The van der Waals surface area contributed by atoms with Gasteiger partial charge in [0.05, 0.1) is 6.10 Å². The highest BCUT2D eigenvalue weighted by molar-refractivity contribution is 4.71. The molecule has 1 fully saturated rings. The van der Waals surface area contributed by atoms with Crippen LogP contribution in [0.3, 0.4) is 0 Å². The lowest BCUT2D eigenvalue weighted by molar-refractivity contribution is 0.106. The summed E-state index contributed by atoms with van der Waals surface area (Å²) in [6, 6.07) is 0. The molecule has 1 aliphatic carbocycles. The molecule has 0 radical (unpaired) electrons. The predicted molar refractivity (Wildman–Crippen MR) is 75.2 cm³/mol. The fraction of sp³-hybridized carbons (Fsp3) is 1.00. The number of hydrogen-bond donors (Lipinski definition) is 1. The van der Waals surface area contributed by atoms with Crippen molar-refractivity contribution in [3.05, 3.63) is 0 Å². The summed E-state index contributed by atoms with van der Waals surface area (Å²) >= 11 is 0. The highest BCUT2D eigenvalue weighted by atomic mass is 16.3. The maximum absolute atomic E-state index is 9.44. The van der Waals surface area contributed by atoms with Crippen molar-refractivity contribution in [3.8, 4) is 0 Å². The third-order valence-corrected chi connectivity index (χ3v) is 4.28. The topological polar surface area (TPSA) is 20.2 Å². The maximum Gasteiger partial charge on any atom is 0.0540 e. The van der Waals surface area contributed by atoms with Crippen LogP contribution < -0.4 is 0 Å². The van der Waals surface area contributed by atoms with Gasteiger partial charge in [0, 0.05) is 0 Å². The lowest BCUT2D eigenvalue weighted by atomic mass is 9.84. The van der Waals surface area contributed by atoms with Crippen LogP contribution in [-0.2, 0) is 0 Å². The van der Waals surface area contributed by atoms with Gasteiger partial charge in [0.2, 0.25) is 0 Å². The monoisotopic (exact) mass is 240 g/mol. The Balaban J connectivity index is 1.81. The normalized spacial score (nSPS) is 25.1. The lowest BCUT2D eigenvalue weighted by Crippen LogP contribution is -2.17. The number of hydrogen-bond acceptors (Lipinski definition) is 1. The molecular weight excluding hydrogens is 208 g/mol. The van der Waals surface area contributed by atoms with Crippen molar-refractivity contribution in [1.82, 2.24) is 0 Å². The molecule has 1 N–H and O–H groups in total. The second-order valence-corrected chi connectivity index (χ2v) is 5.94. The number of aliphatic hydroxyl groups excluding tert-OH is 1. The van der Waals surface area contributed by atoms with E-state index in [1.165, 1.54) is 70.6 Å². The molecule has 102 valence electrons. The van der Waals surface area contributed by atoms with E-state index in [9.17, 15) is 5.11 Å². The Morgan fingerprint density at radius 1 is 0.765 bits per heavy atom. The smallest absolute Gasteiger partial charge is 0.0540 e. The van der Waals surface area contributed by atoms with E-state index in [-0.39, 0.29) is 6.10 Å². The quantitative estimate of drug-likeness (QED) is 0.558. The van der Waals surface area contributed by atoms with Crippen LogP contribution in [0.5, 0.6) is 0 Å². The molecule has 0 aromatic carbocycles. The van der Waals surface area contributed by atoms with Crippen LogP contribution in [0.1, 0.15) is 90.4 Å². The van der Waals surface area contributed by atoms with Gasteiger partial charge in [0.25, 0.3) is 0 Å². The van der Waals surface area contributed by atoms with Crippen molar-refractivity contribution in [2.75, 3.05) is 0 Å². The molecule has 0 unspecified atom stereocenters. The predicted octanol–water partition coefficient (Wildman–Crippen LogP) is 5.07. The van der Waals surface area contributed by atoms with E-state index < -0.39 is 0 Å². The summed E-state index contributed by atoms with van der Waals surface area (Å²) < 4.78 is 0. The molecule has 0 atom stereocenters. The van der Waals surface area contributed by atoms with E-state index in [2.05, 4.69) is 6.92 Å². The van der Waals surface area contributed by atoms with Gasteiger partial charge < -0.3 is 5.11 Å². The van der Waals surface area contributed by atoms with Crippen LogP contribution in [0.4, 0.5) is 0 Å². The SMILES string of the molecule is CCCCCCCCCCC1CCC(O)CC1. The van der Waals surface area contributed by atoms with Gasteiger partial charge in [-0.05, 0) is 31.6 Å². The van der Waals surface area contributed by atoms with Crippen molar-refractivity contribution in [3.63, 3.8) is 0 Å². The third kappa shape index (κ3) is 7.81. The molecule has 1 saturated carbocycles. The number of rotatable bonds is 9. The average molecular weight is 240 g/mol. The van der Waals surface area contributed by atoms with E-state index >= 15 is 0 Å². The summed E-state index contributed by atoms with van der Waals surface area (Å²) in [4.78, 5) is 0. The van der Waals surface area contributed by atoms with Crippen LogP contribution >= 0.6 is 0 Å². The molecule has 1 nitrogen and oxygen atoms in total. The lowest BCUT2D eigenvalue weighted by Gasteiger charge is -2.25. The van der Waals surface area contributed by atoms with E-state index in [4.69, 9.17) is 0 Å². The molecule has 0 amide bonds. The van der Waals surface area contributed by atoms with Gasteiger partial charge in [-0.2, -0.15) is 0 Å². The molecule has 17 heavy (non-hydrogen) atoms. The zero-order valence-electron chi connectivity index (χ0n) is 11.8. The Labute approximate surface area is 108 Å². The van der Waals surface area contributed by atoms with Gasteiger partial charge in [-0.1, -0.05) is 64.7 Å². The molecule has 1 aliphatic rings. The highest BCUT2D eigenvalue weighted by Crippen LogP contribution is 2.28. The summed E-state index contributed by atoms with van der Waals surface area (Å²) in [6.07, 6.45) is 17.5. The minimum absolute atomic E-state index is 0.0183. The molecule has 0 aromatic heterocycles. The number of aliphatic hydroxyl groups is 1. The first-order chi connectivity index (χ1) is 8.33. The number of unbranched alkanes of at least 4 members (excludes halogenated alkanes) is 7. The first-order valence-corrected chi connectivity index (χ1v) is 8.01. The molecule has 0 bridgehead atoms. The molecule has 0 spiro atoms. The van der Waals surface area contributed by atoms with E-state index in [1.807, 2.05) is 0 Å². The summed E-state index contributed by atoms with van der Waals surface area (Å²) in [5.74, 6) is 0.929. The van der Waals surface area contributed by atoms with Crippen molar-refractivity contribution >= 4 is 0 Å². The van der Waals surface area contributed by atoms with E-state index in [0.717, 1.165) is 18.8 Å². The largest absolute Gasteiger partial charge is 0.393 e. The van der Waals surface area contributed by atoms with E-state index in [1.54, 1.807) is 0 Å². The molecule has 0 heterocycles. The average Bonchev–Trinajstić information content (AvgIpc) is 2.35. The molecule has 0 saturated heterocycles. The highest BCUT2D eigenvalue weighted by Gasteiger charge is 2.18. The Kier molecular flexibility index (Phi) is 8.78. The van der Waals surface area contributed by atoms with Crippen molar-refractivity contribution in [2.45, 2.75) is 96.5 Å². The Bertz CT molecular complexity index is 159. The second kappa shape index (κ2) is 9.94. The maximum atomic E-state index is 9.44. The molecule has 1 rings (SSSR count). The molecular formula is C16H32O. The van der Waals surface area contributed by atoms with Gasteiger partial charge in [-0.15, -0.1) is 0 Å². The molecule has 0 aliphatic heterocycles. The van der Waals surface area contributed by atoms with Gasteiger partial charge in [0.15, 0.2) is 0 Å². The third-order valence-electron chi connectivity index (χ3n) is 4.28. The minimum Gasteiger partial charge on any atom is -0.393 e. The second-order valence-electron chi connectivity index (χ2n) is 5.94. The first kappa shape index (κ1) is 15.0. The van der Waals surface area contributed by atoms with Crippen molar-refractivity contribution in [2.24, 2.45) is 5.92 Å². The van der Waals surface area contributed by atoms with Gasteiger partial charge >= 0.3 is 0 Å². The van der Waals surface area contributed by atoms with Crippen molar-refractivity contribution in [1.29, 1.82) is 0 Å². The van der Waals surface area contributed by atoms with Crippen LogP contribution in [0.2, 0.25) is 0 Å². The molecule has 0 aromatic rings. The zero-order chi connectivity index (χ0) is 12.3. The van der Waals surface area contributed by atoms with Crippen LogP contribution in [0.15, 0.2) is 0 Å². The van der Waals surface area contributed by atoms with Crippen molar-refractivity contribution < 1.29 is 5.11 Å². The fourth-order valence-corrected chi connectivity index (χ4v) is 3.00. The molecule has 1 heteroatoms. The van der Waals surface area contributed by atoms with Gasteiger partial charge in [-0.3, -0.25) is 0 Å². The Hall–Kier alpha value is -0.0400. The standard InChI is InChI=1S/C16H32O/c1-2-3-4-5-6-7-8-9-10-15-11-13-16(17)14-12-15/h15-17H,2-14H2,1H3. The summed E-state index contributed by atoms with van der Waals surface area (Å²) in [7, 11) is 0. The summed E-state index contributed by atoms with van der Waals surface area (Å²) in [5.41, 5.74) is 0.